The molecule has 0 aliphatic heterocycles. The van der Waals surface area contributed by atoms with Gasteiger partial charge in [-0.25, -0.2) is 0 Å². The summed E-state index contributed by atoms with van der Waals surface area (Å²) in [5.74, 6) is 1.62. The fourth-order valence-corrected chi connectivity index (χ4v) is 2.44. The summed E-state index contributed by atoms with van der Waals surface area (Å²) in [7, 11) is 1.63. The predicted molar refractivity (Wildman–Crippen MR) is 98.6 cm³/mol. The molecule has 0 spiro atoms. The minimum absolute atomic E-state index is 0.161. The molecule has 0 aliphatic carbocycles. The van der Waals surface area contributed by atoms with Gasteiger partial charge in [-0.1, -0.05) is 41.9 Å². The molecule has 2 aromatic rings. The Balaban J connectivity index is 2.06. The van der Waals surface area contributed by atoms with Crippen molar-refractivity contribution in [2.24, 2.45) is 5.92 Å². The lowest BCUT2D eigenvalue weighted by Gasteiger charge is -2.14. The Morgan fingerprint density at radius 3 is 2.50 bits per heavy atom. The molecule has 0 saturated heterocycles. The normalized spacial score (nSPS) is 10.5. The molecule has 128 valence electrons. The van der Waals surface area contributed by atoms with E-state index in [2.05, 4.69) is 35.1 Å². The Labute approximate surface area is 151 Å². The van der Waals surface area contributed by atoms with Gasteiger partial charge in [0.05, 0.1) is 19.3 Å². The first-order chi connectivity index (χ1) is 11.5. The minimum Gasteiger partial charge on any atom is -0.497 e. The smallest absolute Gasteiger partial charge is 0.255 e. The highest BCUT2D eigenvalue weighted by Gasteiger charge is 2.13. The second kappa shape index (κ2) is 8.73. The Morgan fingerprint density at radius 1 is 1.17 bits per heavy atom. The van der Waals surface area contributed by atoms with Gasteiger partial charge in [-0.3, -0.25) is 4.79 Å². The first kappa shape index (κ1) is 18.3. The number of hydrogen-bond donors (Lipinski definition) is 1. The molecular weight excluding hydrogens is 370 g/mol. The molecule has 0 atom stereocenters. The number of carbonyl (C=O) groups excluding carboxylic acids is 1. The molecule has 0 bridgehead atoms. The number of methoxy groups -OCH3 is 1. The van der Waals surface area contributed by atoms with Gasteiger partial charge in [0.1, 0.15) is 11.5 Å². The van der Waals surface area contributed by atoms with Gasteiger partial charge in [-0.2, -0.15) is 0 Å². The van der Waals surface area contributed by atoms with Crippen LogP contribution in [0.15, 0.2) is 46.9 Å². The van der Waals surface area contributed by atoms with Gasteiger partial charge in [0.15, 0.2) is 0 Å². The molecule has 0 radical (unpaired) electrons. The van der Waals surface area contributed by atoms with Gasteiger partial charge < -0.3 is 14.8 Å². The summed E-state index contributed by atoms with van der Waals surface area (Å²) in [6.07, 6.45) is 0. The summed E-state index contributed by atoms with van der Waals surface area (Å²) in [4.78, 5) is 12.5. The molecule has 0 unspecified atom stereocenters. The summed E-state index contributed by atoms with van der Waals surface area (Å²) in [5.41, 5.74) is 1.53. The van der Waals surface area contributed by atoms with Crippen molar-refractivity contribution in [1.29, 1.82) is 0 Å². The third-order valence-electron chi connectivity index (χ3n) is 3.37. The predicted octanol–water partition coefficient (Wildman–Crippen LogP) is 4.42. The minimum atomic E-state index is -0.161. The van der Waals surface area contributed by atoms with E-state index in [9.17, 15) is 4.79 Å². The van der Waals surface area contributed by atoms with Gasteiger partial charge in [0.25, 0.3) is 5.91 Å². The van der Waals surface area contributed by atoms with Crippen molar-refractivity contribution in [3.05, 3.63) is 58.1 Å². The lowest BCUT2D eigenvalue weighted by molar-refractivity contribution is 0.0946. The van der Waals surface area contributed by atoms with E-state index in [-0.39, 0.29) is 5.91 Å². The number of amides is 1. The molecule has 0 aromatic heterocycles. The maximum Gasteiger partial charge on any atom is 0.255 e. The van der Waals surface area contributed by atoms with E-state index in [1.165, 1.54) is 0 Å². The molecule has 0 saturated carbocycles. The van der Waals surface area contributed by atoms with Crippen LogP contribution >= 0.6 is 15.9 Å². The zero-order chi connectivity index (χ0) is 17.5. The molecular formula is C19H22BrNO3. The largest absolute Gasteiger partial charge is 0.497 e. The Hall–Kier alpha value is -2.01. The molecule has 1 N–H and O–H groups in total. The number of halogens is 1. The summed E-state index contributed by atoms with van der Waals surface area (Å²) >= 11 is 3.41. The third-order valence-corrected chi connectivity index (χ3v) is 3.86. The van der Waals surface area contributed by atoms with Gasteiger partial charge in [0, 0.05) is 11.0 Å². The highest BCUT2D eigenvalue weighted by atomic mass is 79.9. The molecule has 0 fully saturated rings. The average molecular weight is 392 g/mol. The van der Waals surface area contributed by atoms with E-state index in [4.69, 9.17) is 9.47 Å². The second-order valence-corrected chi connectivity index (χ2v) is 6.79. The van der Waals surface area contributed by atoms with Gasteiger partial charge >= 0.3 is 0 Å². The van der Waals surface area contributed by atoms with Gasteiger partial charge in [-0.05, 0) is 41.8 Å². The van der Waals surface area contributed by atoms with E-state index < -0.39 is 0 Å². The van der Waals surface area contributed by atoms with Crippen LogP contribution in [0.4, 0.5) is 0 Å². The first-order valence-corrected chi connectivity index (χ1v) is 8.62. The number of rotatable bonds is 7. The van der Waals surface area contributed by atoms with Crippen LogP contribution in [0.1, 0.15) is 29.8 Å². The maximum atomic E-state index is 12.5. The van der Waals surface area contributed by atoms with Crippen LogP contribution in [0, 0.1) is 5.92 Å². The number of hydrogen-bond acceptors (Lipinski definition) is 3. The summed E-state index contributed by atoms with van der Waals surface area (Å²) in [5, 5.41) is 2.93. The molecule has 0 aliphatic rings. The zero-order valence-electron chi connectivity index (χ0n) is 14.1. The highest BCUT2D eigenvalue weighted by molar-refractivity contribution is 9.10. The standard InChI is InChI=1S/C19H22BrNO3/c1-13(2)12-24-18-9-6-15(20)10-17(18)19(22)21-11-14-4-7-16(23-3)8-5-14/h4-10,13H,11-12H2,1-3H3,(H,21,22). The van der Waals surface area contributed by atoms with E-state index in [0.29, 0.717) is 30.4 Å². The average Bonchev–Trinajstić information content (AvgIpc) is 2.58. The van der Waals surface area contributed by atoms with Crippen molar-refractivity contribution in [3.8, 4) is 11.5 Å². The van der Waals surface area contributed by atoms with E-state index in [0.717, 1.165) is 15.8 Å². The lowest BCUT2D eigenvalue weighted by Crippen LogP contribution is -2.23. The summed E-state index contributed by atoms with van der Waals surface area (Å²) in [6.45, 7) is 5.16. The van der Waals surface area contributed by atoms with E-state index in [1.807, 2.05) is 36.4 Å². The Bertz CT molecular complexity index is 684. The first-order valence-electron chi connectivity index (χ1n) is 7.83. The van der Waals surface area contributed by atoms with Crippen LogP contribution in [0.25, 0.3) is 0 Å². The van der Waals surface area contributed by atoms with Crippen molar-refractivity contribution < 1.29 is 14.3 Å². The molecule has 4 nitrogen and oxygen atoms in total. The third kappa shape index (κ3) is 5.27. The number of ether oxygens (including phenoxy) is 2. The van der Waals surface area contributed by atoms with Crippen LogP contribution in [-0.4, -0.2) is 19.6 Å². The van der Waals surface area contributed by atoms with Crippen molar-refractivity contribution in [2.75, 3.05) is 13.7 Å². The highest BCUT2D eigenvalue weighted by Crippen LogP contribution is 2.24. The second-order valence-electron chi connectivity index (χ2n) is 5.88. The van der Waals surface area contributed by atoms with Crippen LogP contribution in [0.3, 0.4) is 0 Å². The Kier molecular flexibility index (Phi) is 6.67. The van der Waals surface area contributed by atoms with Crippen molar-refractivity contribution in [3.63, 3.8) is 0 Å². The number of carbonyl (C=O) groups is 1. The Morgan fingerprint density at radius 2 is 1.88 bits per heavy atom. The topological polar surface area (TPSA) is 47.6 Å². The van der Waals surface area contributed by atoms with Gasteiger partial charge in [0.2, 0.25) is 0 Å². The van der Waals surface area contributed by atoms with Crippen LogP contribution in [-0.2, 0) is 6.54 Å². The number of nitrogens with one attached hydrogen (secondary N) is 1. The van der Waals surface area contributed by atoms with E-state index in [1.54, 1.807) is 13.2 Å². The van der Waals surface area contributed by atoms with Crippen LogP contribution in [0.5, 0.6) is 11.5 Å². The molecule has 2 rings (SSSR count). The van der Waals surface area contributed by atoms with Crippen LogP contribution in [0.2, 0.25) is 0 Å². The maximum absolute atomic E-state index is 12.5. The summed E-state index contributed by atoms with van der Waals surface area (Å²) < 4.78 is 11.7. The SMILES string of the molecule is COc1ccc(CNC(=O)c2cc(Br)ccc2OCC(C)C)cc1. The van der Waals surface area contributed by atoms with Crippen LogP contribution < -0.4 is 14.8 Å². The monoisotopic (exact) mass is 391 g/mol. The fraction of sp³-hybridized carbons (Fsp3) is 0.316. The molecule has 1 amide bonds. The zero-order valence-corrected chi connectivity index (χ0v) is 15.7. The van der Waals surface area contributed by atoms with Crippen molar-refractivity contribution in [1.82, 2.24) is 5.32 Å². The molecule has 2 aromatic carbocycles. The van der Waals surface area contributed by atoms with Crippen molar-refractivity contribution in [2.45, 2.75) is 20.4 Å². The van der Waals surface area contributed by atoms with Crippen molar-refractivity contribution >= 4 is 21.8 Å². The van der Waals surface area contributed by atoms with Gasteiger partial charge in [-0.15, -0.1) is 0 Å². The lowest BCUT2D eigenvalue weighted by atomic mass is 10.1. The number of benzene rings is 2. The fourth-order valence-electron chi connectivity index (χ4n) is 2.08. The quantitative estimate of drug-likeness (QED) is 0.759. The molecule has 5 heteroatoms. The van der Waals surface area contributed by atoms with E-state index >= 15 is 0 Å². The molecule has 0 heterocycles. The molecule has 24 heavy (non-hydrogen) atoms. The summed E-state index contributed by atoms with van der Waals surface area (Å²) in [6, 6.07) is 13.1.